The van der Waals surface area contributed by atoms with Crippen molar-refractivity contribution in [2.75, 3.05) is 5.73 Å². The summed E-state index contributed by atoms with van der Waals surface area (Å²) >= 11 is 0. The summed E-state index contributed by atoms with van der Waals surface area (Å²) in [6.45, 7) is 3.78. The Balaban J connectivity index is 1.99. The van der Waals surface area contributed by atoms with Gasteiger partial charge in [-0.2, -0.15) is 13.2 Å². The number of hydrogen-bond acceptors (Lipinski definition) is 4. The molecule has 28 heavy (non-hydrogen) atoms. The molecule has 0 amide bonds. The van der Waals surface area contributed by atoms with Crippen molar-refractivity contribution in [1.29, 1.82) is 0 Å². The summed E-state index contributed by atoms with van der Waals surface area (Å²) in [5.74, 6) is 0. The quantitative estimate of drug-likeness (QED) is 0.626. The van der Waals surface area contributed by atoms with E-state index in [0.717, 1.165) is 12.3 Å². The van der Waals surface area contributed by atoms with E-state index in [1.807, 2.05) is 0 Å². The van der Waals surface area contributed by atoms with E-state index in [2.05, 4.69) is 9.71 Å². The number of halogens is 3. The van der Waals surface area contributed by atoms with Crippen LogP contribution in [0, 0.1) is 0 Å². The number of anilines is 1. The number of fused-ring (bicyclic) bond motifs is 1. The fourth-order valence-corrected chi connectivity index (χ4v) is 4.27. The first-order valence-electron chi connectivity index (χ1n) is 8.47. The predicted octanol–water partition coefficient (Wildman–Crippen LogP) is 3.70. The van der Waals surface area contributed by atoms with Gasteiger partial charge >= 0.3 is 6.18 Å². The van der Waals surface area contributed by atoms with Gasteiger partial charge < -0.3 is 10.3 Å². The van der Waals surface area contributed by atoms with Crippen LogP contribution < -0.4 is 10.5 Å². The van der Waals surface area contributed by atoms with E-state index in [9.17, 15) is 21.6 Å². The van der Waals surface area contributed by atoms with Crippen molar-refractivity contribution >= 4 is 26.6 Å². The molecule has 1 aromatic carbocycles. The monoisotopic (exact) mass is 412 g/mol. The first-order valence-corrected chi connectivity index (χ1v) is 9.95. The largest absolute Gasteiger partial charge is 0.433 e. The zero-order chi connectivity index (χ0) is 20.7. The Labute approximate surface area is 160 Å². The van der Waals surface area contributed by atoms with Crippen LogP contribution in [0.4, 0.5) is 18.9 Å². The molecule has 2 heterocycles. The highest BCUT2D eigenvalue weighted by Crippen LogP contribution is 2.32. The van der Waals surface area contributed by atoms with Gasteiger partial charge in [-0.25, -0.2) is 13.1 Å². The van der Waals surface area contributed by atoms with Crippen molar-refractivity contribution < 1.29 is 21.6 Å². The molecular formula is C18H19F3N4O2S. The number of hydrogen-bond donors (Lipinski definition) is 2. The second-order valence-electron chi connectivity index (χ2n) is 6.35. The summed E-state index contributed by atoms with van der Waals surface area (Å²) in [6, 6.07) is 7.67. The molecule has 2 aromatic heterocycles. The number of aryl methyl sites for hydroxylation is 1. The highest BCUT2D eigenvalue weighted by molar-refractivity contribution is 7.89. The number of sulfonamides is 1. The average Bonchev–Trinajstić information content (AvgIpc) is 2.99. The van der Waals surface area contributed by atoms with Crippen molar-refractivity contribution in [2.24, 2.45) is 0 Å². The molecular weight excluding hydrogens is 393 g/mol. The summed E-state index contributed by atoms with van der Waals surface area (Å²) in [5, 5.41) is 0.503. The highest BCUT2D eigenvalue weighted by Gasteiger charge is 2.33. The highest BCUT2D eigenvalue weighted by atomic mass is 32.2. The minimum atomic E-state index is -4.56. The maximum atomic E-state index is 13.0. The number of benzene rings is 1. The number of nitrogens with two attached hydrogens (primary N) is 1. The molecule has 0 saturated carbocycles. The van der Waals surface area contributed by atoms with Gasteiger partial charge in [0.15, 0.2) is 0 Å². The molecule has 6 nitrogen and oxygen atoms in total. The topological polar surface area (TPSA) is 90.0 Å². The van der Waals surface area contributed by atoms with Crippen molar-refractivity contribution in [3.05, 3.63) is 54.0 Å². The van der Waals surface area contributed by atoms with Crippen LogP contribution in [0.1, 0.15) is 31.3 Å². The Morgan fingerprint density at radius 3 is 2.43 bits per heavy atom. The Morgan fingerprint density at radius 1 is 1.21 bits per heavy atom. The number of alkyl halides is 3. The molecule has 0 aliphatic heterocycles. The Morgan fingerprint density at radius 2 is 1.86 bits per heavy atom. The van der Waals surface area contributed by atoms with Gasteiger partial charge in [-0.05, 0) is 50.2 Å². The maximum absolute atomic E-state index is 13.0. The summed E-state index contributed by atoms with van der Waals surface area (Å²) in [6.07, 6.45) is -3.41. The van der Waals surface area contributed by atoms with E-state index in [1.165, 1.54) is 24.3 Å². The van der Waals surface area contributed by atoms with Crippen LogP contribution in [0.25, 0.3) is 10.9 Å². The molecule has 1 atom stereocenters. The lowest BCUT2D eigenvalue weighted by molar-refractivity contribution is -0.141. The second-order valence-corrected chi connectivity index (χ2v) is 8.07. The summed E-state index contributed by atoms with van der Waals surface area (Å²) in [7, 11) is -3.83. The molecule has 0 aliphatic rings. The summed E-state index contributed by atoms with van der Waals surface area (Å²) in [5.41, 5.74) is 5.91. The van der Waals surface area contributed by atoms with Gasteiger partial charge in [-0.15, -0.1) is 0 Å². The molecule has 3 aromatic rings. The number of rotatable bonds is 5. The zero-order valence-electron chi connectivity index (χ0n) is 15.2. The zero-order valence-corrected chi connectivity index (χ0v) is 16.0. The molecule has 0 bridgehead atoms. The van der Waals surface area contributed by atoms with Crippen LogP contribution >= 0.6 is 0 Å². The van der Waals surface area contributed by atoms with Gasteiger partial charge in [0, 0.05) is 29.5 Å². The van der Waals surface area contributed by atoms with Crippen molar-refractivity contribution in [1.82, 2.24) is 14.3 Å². The molecule has 10 heteroatoms. The summed E-state index contributed by atoms with van der Waals surface area (Å²) < 4.78 is 68.4. The van der Waals surface area contributed by atoms with Crippen molar-refractivity contribution in [3.63, 3.8) is 0 Å². The van der Waals surface area contributed by atoms with Gasteiger partial charge in [0.05, 0.1) is 16.5 Å². The van der Waals surface area contributed by atoms with Gasteiger partial charge in [-0.3, -0.25) is 4.98 Å². The first-order chi connectivity index (χ1) is 13.0. The van der Waals surface area contributed by atoms with E-state index in [-0.39, 0.29) is 4.90 Å². The molecule has 0 spiro atoms. The number of nitrogens with one attached hydrogen (secondary N) is 1. The van der Waals surface area contributed by atoms with Gasteiger partial charge in [0.1, 0.15) is 5.69 Å². The standard InChI is InChI=1S/C18H19F3N4O2S/c1-3-25-15(8-12-10-23-17(9-16(12)25)18(19,20)21)11(2)24-28(26,27)14-6-4-13(22)5-7-14/h4-11,24H,3,22H2,1-2H3/t11-/m1/s1. The fourth-order valence-electron chi connectivity index (χ4n) is 3.05. The first kappa shape index (κ1) is 20.2. The Bertz CT molecular complexity index is 1110. The van der Waals surface area contributed by atoms with Crippen LogP contribution in [0.2, 0.25) is 0 Å². The van der Waals surface area contributed by atoms with Gasteiger partial charge in [0.25, 0.3) is 0 Å². The molecule has 3 N–H and O–H groups in total. The number of pyridine rings is 1. The van der Waals surface area contributed by atoms with Crippen LogP contribution in [0.3, 0.4) is 0 Å². The fraction of sp³-hybridized carbons (Fsp3) is 0.278. The number of aromatic nitrogens is 2. The molecule has 0 aliphatic carbocycles. The van der Waals surface area contributed by atoms with Crippen molar-refractivity contribution in [2.45, 2.75) is 37.5 Å². The number of nitrogens with zero attached hydrogens (tertiary/aromatic N) is 2. The minimum Gasteiger partial charge on any atom is -0.399 e. The lowest BCUT2D eigenvalue weighted by atomic mass is 10.2. The van der Waals surface area contributed by atoms with Crippen LogP contribution in [0.15, 0.2) is 47.5 Å². The van der Waals surface area contributed by atoms with Gasteiger partial charge in [0.2, 0.25) is 10.0 Å². The molecule has 150 valence electrons. The average molecular weight is 412 g/mol. The lowest BCUT2D eigenvalue weighted by Gasteiger charge is -2.17. The maximum Gasteiger partial charge on any atom is 0.433 e. The third-order valence-corrected chi connectivity index (χ3v) is 5.95. The lowest BCUT2D eigenvalue weighted by Crippen LogP contribution is -2.28. The third kappa shape index (κ3) is 3.83. The third-order valence-electron chi connectivity index (χ3n) is 4.39. The molecule has 0 unspecified atom stereocenters. The van der Waals surface area contributed by atoms with Crippen LogP contribution in [-0.2, 0) is 22.7 Å². The predicted molar refractivity (Wildman–Crippen MR) is 100.0 cm³/mol. The van der Waals surface area contributed by atoms with Gasteiger partial charge in [-0.1, -0.05) is 0 Å². The van der Waals surface area contributed by atoms with Crippen LogP contribution in [-0.4, -0.2) is 18.0 Å². The minimum absolute atomic E-state index is 0.0498. The van der Waals surface area contributed by atoms with E-state index in [0.29, 0.717) is 28.8 Å². The Hall–Kier alpha value is -2.59. The molecule has 0 radical (unpaired) electrons. The van der Waals surface area contributed by atoms with E-state index in [1.54, 1.807) is 24.5 Å². The number of nitrogen functional groups attached to an aromatic ring is 1. The smallest absolute Gasteiger partial charge is 0.399 e. The van der Waals surface area contributed by atoms with E-state index >= 15 is 0 Å². The normalized spacial score (nSPS) is 13.8. The Kier molecular flexibility index (Phi) is 5.11. The second kappa shape index (κ2) is 7.10. The molecule has 0 saturated heterocycles. The summed E-state index contributed by atoms with van der Waals surface area (Å²) in [4.78, 5) is 3.52. The SMILES string of the molecule is CCn1c([C@@H](C)NS(=O)(=O)c2ccc(N)cc2)cc2cnc(C(F)(F)F)cc21. The molecule has 3 rings (SSSR count). The van der Waals surface area contributed by atoms with Crippen molar-refractivity contribution in [3.8, 4) is 0 Å². The van der Waals surface area contributed by atoms with E-state index < -0.39 is 27.9 Å². The van der Waals surface area contributed by atoms with Crippen LogP contribution in [0.5, 0.6) is 0 Å². The van der Waals surface area contributed by atoms with E-state index in [4.69, 9.17) is 5.73 Å². The molecule has 0 fully saturated rings.